The van der Waals surface area contributed by atoms with E-state index in [4.69, 9.17) is 0 Å². The van der Waals surface area contributed by atoms with Crippen LogP contribution in [0.15, 0.2) is 176 Å². The summed E-state index contributed by atoms with van der Waals surface area (Å²) < 4.78 is 7.80. The predicted octanol–water partition coefficient (Wildman–Crippen LogP) is 14.5. The second-order valence-corrected chi connectivity index (χ2v) is 15.4. The zero-order chi connectivity index (χ0) is 33.5. The van der Waals surface area contributed by atoms with Gasteiger partial charge in [0.2, 0.25) is 0 Å². The van der Waals surface area contributed by atoms with E-state index in [2.05, 4.69) is 180 Å². The maximum absolute atomic E-state index is 2.49. The molecule has 0 spiro atoms. The molecule has 0 bridgehead atoms. The Morgan fingerprint density at radius 1 is 0.314 bits per heavy atom. The van der Waals surface area contributed by atoms with Crippen molar-refractivity contribution >= 4 is 84.8 Å². The van der Waals surface area contributed by atoms with E-state index in [0.29, 0.717) is 0 Å². The molecular formula is C48H29NS2. The molecule has 8 aromatic carbocycles. The Morgan fingerprint density at radius 2 is 0.843 bits per heavy atom. The molecule has 0 unspecified atom stereocenters. The Hall–Kier alpha value is -6.00. The highest BCUT2D eigenvalue weighted by Gasteiger charge is 2.19. The van der Waals surface area contributed by atoms with E-state index in [0.717, 1.165) is 0 Å². The van der Waals surface area contributed by atoms with Crippen molar-refractivity contribution in [2.75, 3.05) is 0 Å². The minimum atomic E-state index is 1.22. The van der Waals surface area contributed by atoms with Gasteiger partial charge in [0.05, 0.1) is 21.4 Å². The summed E-state index contributed by atoms with van der Waals surface area (Å²) in [6.07, 6.45) is 0. The van der Waals surface area contributed by atoms with Crippen LogP contribution in [0.25, 0.3) is 101 Å². The van der Waals surface area contributed by atoms with Crippen molar-refractivity contribution in [3.05, 3.63) is 176 Å². The Morgan fingerprint density at radius 3 is 1.55 bits per heavy atom. The quantitative estimate of drug-likeness (QED) is 0.174. The van der Waals surface area contributed by atoms with Crippen LogP contribution in [0.2, 0.25) is 0 Å². The van der Waals surface area contributed by atoms with Gasteiger partial charge in [-0.25, -0.2) is 0 Å². The fraction of sp³-hybridized carbons (Fsp3) is 0. The van der Waals surface area contributed by atoms with Gasteiger partial charge in [-0.3, -0.25) is 0 Å². The number of aromatic nitrogens is 1. The molecule has 1 nitrogen and oxygen atoms in total. The highest BCUT2D eigenvalue weighted by atomic mass is 32.1. The van der Waals surface area contributed by atoms with E-state index in [-0.39, 0.29) is 0 Å². The Labute approximate surface area is 302 Å². The number of fused-ring (bicyclic) bond motifs is 9. The van der Waals surface area contributed by atoms with Gasteiger partial charge in [0.15, 0.2) is 0 Å². The maximum atomic E-state index is 2.49. The molecule has 0 aliphatic rings. The van der Waals surface area contributed by atoms with E-state index >= 15 is 0 Å². The summed E-state index contributed by atoms with van der Waals surface area (Å²) in [5, 5.41) is 7.81. The summed E-state index contributed by atoms with van der Waals surface area (Å²) in [4.78, 5) is 0. The SMILES string of the molecule is c1ccc(-c2ccc3c(c2)c2cc(-c4ccccc4)ccc2n3-c2cccc3c2sc2ccc(-c4cccc5c4sc4ccccc45)cc23)cc1. The van der Waals surface area contributed by atoms with E-state index in [1.54, 1.807) is 0 Å². The average molecular weight is 684 g/mol. The molecule has 0 aliphatic carbocycles. The van der Waals surface area contributed by atoms with Gasteiger partial charge in [0, 0.05) is 46.4 Å². The molecule has 0 saturated carbocycles. The molecule has 3 heterocycles. The Balaban J connectivity index is 1.14. The number of benzene rings is 8. The molecule has 51 heavy (non-hydrogen) atoms. The summed E-state index contributed by atoms with van der Waals surface area (Å²) in [5.74, 6) is 0. The number of hydrogen-bond acceptors (Lipinski definition) is 2. The summed E-state index contributed by atoms with van der Waals surface area (Å²) >= 11 is 3.79. The molecule has 0 radical (unpaired) electrons. The van der Waals surface area contributed by atoms with Gasteiger partial charge in [0.1, 0.15) is 0 Å². The van der Waals surface area contributed by atoms with Crippen LogP contribution in [-0.4, -0.2) is 4.57 Å². The molecule has 0 aliphatic heterocycles. The van der Waals surface area contributed by atoms with Gasteiger partial charge in [0.25, 0.3) is 0 Å². The topological polar surface area (TPSA) is 4.93 Å². The van der Waals surface area contributed by atoms with Gasteiger partial charge in [-0.15, -0.1) is 22.7 Å². The number of nitrogens with zero attached hydrogens (tertiary/aromatic N) is 1. The molecular weight excluding hydrogens is 655 g/mol. The van der Waals surface area contributed by atoms with Crippen LogP contribution in [0.1, 0.15) is 0 Å². The first-order chi connectivity index (χ1) is 25.3. The zero-order valence-corrected chi connectivity index (χ0v) is 29.1. The molecule has 238 valence electrons. The van der Waals surface area contributed by atoms with Crippen molar-refractivity contribution < 1.29 is 0 Å². The average Bonchev–Trinajstić information content (AvgIpc) is 3.87. The van der Waals surface area contributed by atoms with Crippen LogP contribution in [0.4, 0.5) is 0 Å². The predicted molar refractivity (Wildman–Crippen MR) is 223 cm³/mol. The third-order valence-electron chi connectivity index (χ3n) is 10.4. The molecule has 0 amide bonds. The molecule has 11 rings (SSSR count). The normalized spacial score (nSPS) is 11.9. The van der Waals surface area contributed by atoms with Crippen molar-refractivity contribution in [1.29, 1.82) is 0 Å². The van der Waals surface area contributed by atoms with Crippen molar-refractivity contribution in [3.63, 3.8) is 0 Å². The van der Waals surface area contributed by atoms with Crippen LogP contribution in [0.5, 0.6) is 0 Å². The lowest BCUT2D eigenvalue weighted by atomic mass is 10.0. The fourth-order valence-corrected chi connectivity index (χ4v) is 10.4. The second-order valence-electron chi connectivity index (χ2n) is 13.3. The van der Waals surface area contributed by atoms with Crippen LogP contribution in [0.3, 0.4) is 0 Å². The molecule has 0 fully saturated rings. The summed E-state index contributed by atoms with van der Waals surface area (Å²) in [5.41, 5.74) is 11.2. The van der Waals surface area contributed by atoms with Crippen molar-refractivity contribution in [1.82, 2.24) is 4.57 Å². The monoisotopic (exact) mass is 683 g/mol. The standard InChI is InChI=1S/C48H29NS2/c1-3-11-30(12-4-1)32-21-24-42-39(27-32)40-28-33(31-13-5-2-6-14-31)22-25-43(40)49(42)44-19-10-18-38-41-29-34(23-26-46(41)51-48(38)44)35-16-9-17-37-36-15-7-8-20-45(36)50-47(35)37/h1-29H. The zero-order valence-electron chi connectivity index (χ0n) is 27.5. The lowest BCUT2D eigenvalue weighted by Crippen LogP contribution is -1.94. The first-order valence-corrected chi connectivity index (χ1v) is 19.0. The molecule has 3 aromatic heterocycles. The highest BCUT2D eigenvalue weighted by Crippen LogP contribution is 2.45. The van der Waals surface area contributed by atoms with Crippen molar-refractivity contribution in [2.45, 2.75) is 0 Å². The van der Waals surface area contributed by atoms with Crippen molar-refractivity contribution in [2.24, 2.45) is 0 Å². The summed E-state index contributed by atoms with van der Waals surface area (Å²) in [6, 6.07) is 64.8. The van der Waals surface area contributed by atoms with Crippen LogP contribution in [0, 0.1) is 0 Å². The van der Waals surface area contributed by atoms with Crippen LogP contribution >= 0.6 is 22.7 Å². The first-order valence-electron chi connectivity index (χ1n) is 17.3. The number of thiophene rings is 2. The summed E-state index contributed by atoms with van der Waals surface area (Å²) in [7, 11) is 0. The summed E-state index contributed by atoms with van der Waals surface area (Å²) in [6.45, 7) is 0. The van der Waals surface area contributed by atoms with Gasteiger partial charge in [-0.05, 0) is 81.9 Å². The lowest BCUT2D eigenvalue weighted by molar-refractivity contribution is 1.20. The smallest absolute Gasteiger partial charge is 0.0640 e. The molecule has 0 atom stereocenters. The van der Waals surface area contributed by atoms with Gasteiger partial charge < -0.3 is 4.57 Å². The van der Waals surface area contributed by atoms with Crippen LogP contribution in [-0.2, 0) is 0 Å². The second kappa shape index (κ2) is 11.3. The third kappa shape index (κ3) is 4.45. The minimum absolute atomic E-state index is 1.22. The van der Waals surface area contributed by atoms with Crippen LogP contribution < -0.4 is 0 Å². The molecule has 3 heteroatoms. The largest absolute Gasteiger partial charge is 0.308 e. The van der Waals surface area contributed by atoms with Gasteiger partial charge in [-0.1, -0.05) is 127 Å². The Bertz CT molecular complexity index is 3030. The molecule has 11 aromatic rings. The third-order valence-corrected chi connectivity index (χ3v) is 12.8. The van der Waals surface area contributed by atoms with Crippen molar-refractivity contribution in [3.8, 4) is 39.1 Å². The molecule has 0 saturated heterocycles. The van der Waals surface area contributed by atoms with E-state index in [1.165, 1.54) is 101 Å². The van der Waals surface area contributed by atoms with Gasteiger partial charge in [-0.2, -0.15) is 0 Å². The maximum Gasteiger partial charge on any atom is 0.0640 e. The number of hydrogen-bond donors (Lipinski definition) is 0. The molecule has 0 N–H and O–H groups in total. The van der Waals surface area contributed by atoms with E-state index in [9.17, 15) is 0 Å². The van der Waals surface area contributed by atoms with E-state index in [1.807, 2.05) is 22.7 Å². The highest BCUT2D eigenvalue weighted by molar-refractivity contribution is 7.26. The fourth-order valence-electron chi connectivity index (χ4n) is 8.00. The van der Waals surface area contributed by atoms with Gasteiger partial charge >= 0.3 is 0 Å². The minimum Gasteiger partial charge on any atom is -0.308 e. The first kappa shape index (κ1) is 28.8. The number of rotatable bonds is 4. The Kier molecular flexibility index (Phi) is 6.36. The lowest BCUT2D eigenvalue weighted by Gasteiger charge is -2.10. The van der Waals surface area contributed by atoms with E-state index < -0.39 is 0 Å².